The van der Waals surface area contributed by atoms with Gasteiger partial charge in [-0.15, -0.1) is 0 Å². The van der Waals surface area contributed by atoms with Gasteiger partial charge in [-0.3, -0.25) is 9.78 Å². The SMILES string of the molecule is CN(C)c1cccc(C(=O)N(Cc2ccccc2)Cc2cccnc2)c1. The molecule has 3 aromatic rings. The zero-order valence-corrected chi connectivity index (χ0v) is 15.2. The quantitative estimate of drug-likeness (QED) is 0.678. The van der Waals surface area contributed by atoms with Gasteiger partial charge < -0.3 is 9.80 Å². The lowest BCUT2D eigenvalue weighted by molar-refractivity contribution is 0.0730. The lowest BCUT2D eigenvalue weighted by Gasteiger charge is -2.24. The van der Waals surface area contributed by atoms with Crippen molar-refractivity contribution < 1.29 is 4.79 Å². The number of rotatable bonds is 6. The summed E-state index contributed by atoms with van der Waals surface area (Å²) >= 11 is 0. The van der Waals surface area contributed by atoms with Gasteiger partial charge in [0, 0.05) is 50.8 Å². The van der Waals surface area contributed by atoms with Gasteiger partial charge in [0.15, 0.2) is 0 Å². The molecule has 0 N–H and O–H groups in total. The molecule has 3 rings (SSSR count). The highest BCUT2D eigenvalue weighted by Crippen LogP contribution is 2.18. The summed E-state index contributed by atoms with van der Waals surface area (Å²) in [6, 6.07) is 21.7. The molecule has 1 aromatic heterocycles. The number of carbonyl (C=O) groups excluding carboxylic acids is 1. The van der Waals surface area contributed by atoms with Gasteiger partial charge >= 0.3 is 0 Å². The predicted molar refractivity (Wildman–Crippen MR) is 105 cm³/mol. The Hall–Kier alpha value is -3.14. The highest BCUT2D eigenvalue weighted by atomic mass is 16.2. The first-order valence-electron chi connectivity index (χ1n) is 8.63. The van der Waals surface area contributed by atoms with Crippen LogP contribution in [0.5, 0.6) is 0 Å². The zero-order chi connectivity index (χ0) is 18.4. The maximum atomic E-state index is 13.2. The topological polar surface area (TPSA) is 36.4 Å². The third-order valence-electron chi connectivity index (χ3n) is 4.21. The number of benzene rings is 2. The smallest absolute Gasteiger partial charge is 0.254 e. The lowest BCUT2D eigenvalue weighted by atomic mass is 10.1. The van der Waals surface area contributed by atoms with Crippen molar-refractivity contribution in [2.24, 2.45) is 0 Å². The Morgan fingerprint density at radius 3 is 2.31 bits per heavy atom. The van der Waals surface area contributed by atoms with Crippen LogP contribution in [0.4, 0.5) is 5.69 Å². The number of nitrogens with zero attached hydrogens (tertiary/aromatic N) is 3. The van der Waals surface area contributed by atoms with Crippen LogP contribution in [0.15, 0.2) is 79.1 Å². The molecule has 0 saturated heterocycles. The van der Waals surface area contributed by atoms with E-state index in [1.165, 1.54) is 0 Å². The van der Waals surface area contributed by atoms with Crippen molar-refractivity contribution in [2.75, 3.05) is 19.0 Å². The molecular weight excluding hydrogens is 322 g/mol. The highest BCUT2D eigenvalue weighted by molar-refractivity contribution is 5.95. The maximum Gasteiger partial charge on any atom is 0.254 e. The van der Waals surface area contributed by atoms with E-state index in [0.717, 1.165) is 16.8 Å². The number of pyridine rings is 1. The molecule has 0 bridgehead atoms. The largest absolute Gasteiger partial charge is 0.378 e. The molecule has 0 atom stereocenters. The van der Waals surface area contributed by atoms with Crippen LogP contribution >= 0.6 is 0 Å². The minimum atomic E-state index is 0.0152. The van der Waals surface area contributed by atoms with Crippen LogP contribution in [0, 0.1) is 0 Å². The molecular formula is C22H23N3O. The van der Waals surface area contributed by atoms with Crippen molar-refractivity contribution in [3.8, 4) is 0 Å². The Kier molecular flexibility index (Phi) is 5.64. The van der Waals surface area contributed by atoms with E-state index in [-0.39, 0.29) is 5.91 Å². The Morgan fingerprint density at radius 2 is 1.62 bits per heavy atom. The molecule has 0 fully saturated rings. The van der Waals surface area contributed by atoms with Crippen molar-refractivity contribution >= 4 is 11.6 Å². The van der Waals surface area contributed by atoms with E-state index in [9.17, 15) is 4.79 Å². The van der Waals surface area contributed by atoms with E-state index in [2.05, 4.69) is 4.98 Å². The van der Waals surface area contributed by atoms with Gasteiger partial charge in [0.1, 0.15) is 0 Å². The number of amides is 1. The van der Waals surface area contributed by atoms with Crippen molar-refractivity contribution in [3.63, 3.8) is 0 Å². The Balaban J connectivity index is 1.88. The Bertz CT molecular complexity index is 806. The van der Waals surface area contributed by atoms with Crippen molar-refractivity contribution in [2.45, 2.75) is 13.1 Å². The van der Waals surface area contributed by atoms with Gasteiger partial charge in [0.2, 0.25) is 0 Å². The first-order chi connectivity index (χ1) is 12.6. The molecule has 0 radical (unpaired) electrons. The number of hydrogen-bond acceptors (Lipinski definition) is 3. The van der Waals surface area contributed by atoms with E-state index in [1.807, 2.05) is 96.8 Å². The molecule has 1 heterocycles. The van der Waals surface area contributed by atoms with E-state index in [0.29, 0.717) is 18.7 Å². The van der Waals surface area contributed by atoms with Gasteiger partial charge in [0.05, 0.1) is 0 Å². The normalized spacial score (nSPS) is 10.4. The van der Waals surface area contributed by atoms with E-state index < -0.39 is 0 Å². The molecule has 0 unspecified atom stereocenters. The second-order valence-corrected chi connectivity index (χ2v) is 6.45. The molecule has 26 heavy (non-hydrogen) atoms. The maximum absolute atomic E-state index is 13.2. The minimum Gasteiger partial charge on any atom is -0.378 e. The van der Waals surface area contributed by atoms with Crippen LogP contribution in [-0.2, 0) is 13.1 Å². The van der Waals surface area contributed by atoms with Crippen LogP contribution in [0.3, 0.4) is 0 Å². The van der Waals surface area contributed by atoms with Crippen LogP contribution in [-0.4, -0.2) is 29.9 Å². The summed E-state index contributed by atoms with van der Waals surface area (Å²) in [6.45, 7) is 1.08. The summed E-state index contributed by atoms with van der Waals surface area (Å²) in [7, 11) is 3.95. The zero-order valence-electron chi connectivity index (χ0n) is 15.2. The fourth-order valence-electron chi connectivity index (χ4n) is 2.82. The van der Waals surface area contributed by atoms with Crippen molar-refractivity contribution in [1.29, 1.82) is 0 Å². The number of anilines is 1. The third-order valence-corrected chi connectivity index (χ3v) is 4.21. The van der Waals surface area contributed by atoms with Gasteiger partial charge in [-0.05, 0) is 35.4 Å². The number of hydrogen-bond donors (Lipinski definition) is 0. The number of aromatic nitrogens is 1. The van der Waals surface area contributed by atoms with Gasteiger partial charge in [0.25, 0.3) is 5.91 Å². The molecule has 132 valence electrons. The highest BCUT2D eigenvalue weighted by Gasteiger charge is 2.17. The fraction of sp³-hybridized carbons (Fsp3) is 0.182. The van der Waals surface area contributed by atoms with Gasteiger partial charge in [-0.2, -0.15) is 0 Å². The molecule has 0 saturated carbocycles. The van der Waals surface area contributed by atoms with Crippen LogP contribution in [0.25, 0.3) is 0 Å². The molecule has 4 nitrogen and oxygen atoms in total. The first-order valence-corrected chi connectivity index (χ1v) is 8.63. The van der Waals surface area contributed by atoms with Crippen LogP contribution < -0.4 is 4.90 Å². The third kappa shape index (κ3) is 4.48. The average Bonchev–Trinajstić information content (AvgIpc) is 2.68. The van der Waals surface area contributed by atoms with Crippen molar-refractivity contribution in [1.82, 2.24) is 9.88 Å². The summed E-state index contributed by atoms with van der Waals surface area (Å²) < 4.78 is 0. The minimum absolute atomic E-state index is 0.0152. The Morgan fingerprint density at radius 1 is 0.885 bits per heavy atom. The molecule has 0 spiro atoms. The van der Waals surface area contributed by atoms with E-state index >= 15 is 0 Å². The monoisotopic (exact) mass is 345 g/mol. The molecule has 1 amide bonds. The second-order valence-electron chi connectivity index (χ2n) is 6.45. The van der Waals surface area contributed by atoms with Crippen molar-refractivity contribution in [3.05, 3.63) is 95.8 Å². The van der Waals surface area contributed by atoms with Crippen LogP contribution in [0.1, 0.15) is 21.5 Å². The summed E-state index contributed by atoms with van der Waals surface area (Å²) in [5, 5.41) is 0. The molecule has 0 aliphatic carbocycles. The molecule has 2 aromatic carbocycles. The predicted octanol–water partition coefficient (Wildman–Crippen LogP) is 3.99. The number of carbonyl (C=O) groups is 1. The van der Waals surface area contributed by atoms with Crippen LogP contribution in [0.2, 0.25) is 0 Å². The fourth-order valence-corrected chi connectivity index (χ4v) is 2.82. The average molecular weight is 345 g/mol. The summed E-state index contributed by atoms with van der Waals surface area (Å²) in [4.78, 5) is 21.2. The molecule has 0 aliphatic heterocycles. The standard InChI is InChI=1S/C22H23N3O/c1-24(2)21-12-6-11-20(14-21)22(26)25(16-18-8-4-3-5-9-18)17-19-10-7-13-23-15-19/h3-15H,16-17H2,1-2H3. The second kappa shape index (κ2) is 8.30. The van der Waals surface area contributed by atoms with Gasteiger partial charge in [-0.25, -0.2) is 0 Å². The lowest BCUT2D eigenvalue weighted by Crippen LogP contribution is -2.30. The summed E-state index contributed by atoms with van der Waals surface area (Å²) in [5.74, 6) is 0.0152. The van der Waals surface area contributed by atoms with E-state index in [1.54, 1.807) is 6.20 Å². The van der Waals surface area contributed by atoms with Gasteiger partial charge in [-0.1, -0.05) is 42.5 Å². The van der Waals surface area contributed by atoms with E-state index in [4.69, 9.17) is 0 Å². The molecule has 0 aliphatic rings. The summed E-state index contributed by atoms with van der Waals surface area (Å²) in [5.41, 5.74) is 3.82. The first kappa shape index (κ1) is 17.7. The molecule has 4 heteroatoms. The summed E-state index contributed by atoms with van der Waals surface area (Å²) in [6.07, 6.45) is 3.55. The Labute approximate surface area is 154 Å².